The van der Waals surface area contributed by atoms with Gasteiger partial charge in [0.05, 0.1) is 17.9 Å². The molecule has 0 aliphatic heterocycles. The van der Waals surface area contributed by atoms with Gasteiger partial charge in [0.25, 0.3) is 0 Å². The van der Waals surface area contributed by atoms with E-state index in [0.717, 1.165) is 18.7 Å². The minimum absolute atomic E-state index is 0.0236. The molecule has 1 aromatic rings. The van der Waals surface area contributed by atoms with Crippen molar-refractivity contribution in [2.24, 2.45) is 5.73 Å². The Morgan fingerprint density at radius 2 is 2.06 bits per heavy atom. The smallest absolute Gasteiger partial charge is 0.133 e. The molecule has 1 aromatic heterocycles. The van der Waals surface area contributed by atoms with Crippen LogP contribution in [-0.2, 0) is 4.74 Å². The molecular weight excluding hydrogens is 230 g/mol. The average molecular weight is 251 g/mol. The largest absolute Gasteiger partial charge is 0.490 e. The van der Waals surface area contributed by atoms with Crippen molar-refractivity contribution in [2.45, 2.75) is 27.2 Å². The highest BCUT2D eigenvalue weighted by molar-refractivity contribution is 5.98. The van der Waals surface area contributed by atoms with E-state index < -0.39 is 0 Å². The number of nitrogen functional groups attached to an aromatic ring is 1. The highest BCUT2D eigenvalue weighted by Gasteiger charge is 2.12. The van der Waals surface area contributed by atoms with Crippen LogP contribution in [0.4, 0.5) is 0 Å². The van der Waals surface area contributed by atoms with Gasteiger partial charge in [0.2, 0.25) is 0 Å². The number of nitrogens with zero attached hydrogens (tertiary/aromatic N) is 1. The number of aryl methyl sites for hydroxylation is 2. The summed E-state index contributed by atoms with van der Waals surface area (Å²) in [7, 11) is 0. The first-order valence-electron chi connectivity index (χ1n) is 6.09. The lowest BCUT2D eigenvalue weighted by atomic mass is 10.1. The highest BCUT2D eigenvalue weighted by atomic mass is 16.5. The molecule has 1 rings (SSSR count). The number of hydrogen-bond donors (Lipinski definition) is 2. The maximum atomic E-state index is 7.56. The summed E-state index contributed by atoms with van der Waals surface area (Å²) in [6.45, 7) is 7.48. The monoisotopic (exact) mass is 251 g/mol. The number of amidine groups is 1. The van der Waals surface area contributed by atoms with Crippen molar-refractivity contribution in [1.82, 2.24) is 4.98 Å². The van der Waals surface area contributed by atoms with Gasteiger partial charge in [-0.15, -0.1) is 0 Å². The highest BCUT2D eigenvalue weighted by Crippen LogP contribution is 2.21. The van der Waals surface area contributed by atoms with Crippen molar-refractivity contribution >= 4 is 5.84 Å². The molecule has 0 spiro atoms. The maximum absolute atomic E-state index is 7.56. The Morgan fingerprint density at radius 1 is 1.33 bits per heavy atom. The predicted octanol–water partition coefficient (Wildman–Crippen LogP) is 1.79. The second kappa shape index (κ2) is 6.96. The molecule has 0 amide bonds. The predicted molar refractivity (Wildman–Crippen MR) is 71.3 cm³/mol. The second-order valence-electron chi connectivity index (χ2n) is 4.10. The molecule has 0 aromatic carbocycles. The lowest BCUT2D eigenvalue weighted by molar-refractivity contribution is 0.100. The first-order valence-corrected chi connectivity index (χ1v) is 6.09. The Labute approximate surface area is 108 Å². The maximum Gasteiger partial charge on any atom is 0.133 e. The molecule has 0 saturated carbocycles. The van der Waals surface area contributed by atoms with Gasteiger partial charge in [-0.2, -0.15) is 0 Å². The fourth-order valence-electron chi connectivity index (χ4n) is 1.69. The van der Waals surface area contributed by atoms with E-state index in [4.69, 9.17) is 20.6 Å². The van der Waals surface area contributed by atoms with E-state index in [9.17, 15) is 0 Å². The molecule has 1 heterocycles. The van der Waals surface area contributed by atoms with Gasteiger partial charge in [0.15, 0.2) is 0 Å². The fourth-order valence-corrected chi connectivity index (χ4v) is 1.69. The molecule has 0 aliphatic carbocycles. The summed E-state index contributed by atoms with van der Waals surface area (Å²) in [6, 6.07) is 1.80. The average Bonchev–Trinajstić information content (AvgIpc) is 2.27. The summed E-state index contributed by atoms with van der Waals surface area (Å²) >= 11 is 0. The van der Waals surface area contributed by atoms with Gasteiger partial charge in [-0.1, -0.05) is 6.92 Å². The van der Waals surface area contributed by atoms with Crippen molar-refractivity contribution in [3.63, 3.8) is 0 Å². The molecule has 5 nitrogen and oxygen atoms in total. The molecule has 0 atom stereocenters. The Hall–Kier alpha value is -1.62. The van der Waals surface area contributed by atoms with Crippen LogP contribution in [0.3, 0.4) is 0 Å². The Kier molecular flexibility index (Phi) is 5.58. The van der Waals surface area contributed by atoms with Crippen LogP contribution in [0.1, 0.15) is 30.3 Å². The van der Waals surface area contributed by atoms with Gasteiger partial charge < -0.3 is 15.2 Å². The van der Waals surface area contributed by atoms with Crippen LogP contribution in [0.2, 0.25) is 0 Å². The summed E-state index contributed by atoms with van der Waals surface area (Å²) < 4.78 is 11.0. The lowest BCUT2D eigenvalue weighted by Crippen LogP contribution is -2.17. The van der Waals surface area contributed by atoms with E-state index in [-0.39, 0.29) is 5.84 Å². The SMILES string of the molecule is CCCOCCOc1cc(C)nc(C)c1C(=N)N. The van der Waals surface area contributed by atoms with Crippen LogP contribution >= 0.6 is 0 Å². The summed E-state index contributed by atoms with van der Waals surface area (Å²) in [5.41, 5.74) is 7.68. The van der Waals surface area contributed by atoms with Crippen LogP contribution in [0.5, 0.6) is 5.75 Å². The normalized spacial score (nSPS) is 10.4. The van der Waals surface area contributed by atoms with Gasteiger partial charge in [-0.05, 0) is 20.3 Å². The van der Waals surface area contributed by atoms with Gasteiger partial charge in [-0.3, -0.25) is 10.4 Å². The minimum atomic E-state index is -0.0236. The number of hydrogen-bond acceptors (Lipinski definition) is 4. The Bertz CT molecular complexity index is 419. The van der Waals surface area contributed by atoms with Gasteiger partial charge in [0, 0.05) is 18.4 Å². The van der Waals surface area contributed by atoms with Crippen molar-refractivity contribution in [3.05, 3.63) is 23.0 Å². The standard InChI is InChI=1S/C13H21N3O2/c1-4-5-17-6-7-18-11-8-9(2)16-10(3)12(11)13(14)15/h8H,4-7H2,1-3H3,(H3,14,15). The third-order valence-electron chi connectivity index (χ3n) is 2.40. The molecule has 5 heteroatoms. The summed E-state index contributed by atoms with van der Waals surface area (Å²) in [5.74, 6) is 0.581. The number of ether oxygens (including phenoxy) is 2. The van der Waals surface area contributed by atoms with Crippen molar-refractivity contribution in [1.29, 1.82) is 5.41 Å². The second-order valence-corrected chi connectivity index (χ2v) is 4.10. The fraction of sp³-hybridized carbons (Fsp3) is 0.538. The summed E-state index contributed by atoms with van der Waals surface area (Å²) in [6.07, 6.45) is 0.992. The van der Waals surface area contributed by atoms with Crippen molar-refractivity contribution < 1.29 is 9.47 Å². The van der Waals surface area contributed by atoms with E-state index >= 15 is 0 Å². The van der Waals surface area contributed by atoms with Crippen LogP contribution in [-0.4, -0.2) is 30.6 Å². The topological polar surface area (TPSA) is 81.2 Å². The van der Waals surface area contributed by atoms with Crippen molar-refractivity contribution in [3.8, 4) is 5.75 Å². The summed E-state index contributed by atoms with van der Waals surface area (Å²) in [4.78, 5) is 4.28. The number of pyridine rings is 1. The van der Waals surface area contributed by atoms with Gasteiger partial charge in [0.1, 0.15) is 18.2 Å². The molecule has 0 unspecified atom stereocenters. The van der Waals surface area contributed by atoms with Crippen LogP contribution in [0.15, 0.2) is 6.07 Å². The number of aromatic nitrogens is 1. The first-order chi connectivity index (χ1) is 8.56. The summed E-state index contributed by atoms with van der Waals surface area (Å²) in [5, 5.41) is 7.56. The molecule has 0 fully saturated rings. The van der Waals surface area contributed by atoms with Gasteiger partial charge >= 0.3 is 0 Å². The molecule has 0 aliphatic rings. The van der Waals surface area contributed by atoms with E-state index in [1.165, 1.54) is 0 Å². The van der Waals surface area contributed by atoms with Crippen LogP contribution in [0, 0.1) is 19.3 Å². The zero-order valence-electron chi connectivity index (χ0n) is 11.2. The number of nitrogens with two attached hydrogens (primary N) is 1. The Morgan fingerprint density at radius 3 is 2.67 bits per heavy atom. The molecule has 0 bridgehead atoms. The molecule has 0 radical (unpaired) electrons. The minimum Gasteiger partial charge on any atom is -0.490 e. The van der Waals surface area contributed by atoms with E-state index in [2.05, 4.69) is 11.9 Å². The van der Waals surface area contributed by atoms with Crippen LogP contribution in [0.25, 0.3) is 0 Å². The molecule has 18 heavy (non-hydrogen) atoms. The number of rotatable bonds is 7. The molecule has 0 saturated heterocycles. The Balaban J connectivity index is 2.71. The van der Waals surface area contributed by atoms with E-state index in [1.54, 1.807) is 6.07 Å². The third-order valence-corrected chi connectivity index (χ3v) is 2.40. The van der Waals surface area contributed by atoms with Crippen molar-refractivity contribution in [2.75, 3.05) is 19.8 Å². The van der Waals surface area contributed by atoms with Gasteiger partial charge in [-0.25, -0.2) is 0 Å². The number of nitrogens with one attached hydrogen (secondary N) is 1. The van der Waals surface area contributed by atoms with E-state index in [0.29, 0.717) is 30.2 Å². The molecular formula is C13H21N3O2. The van der Waals surface area contributed by atoms with Crippen LogP contribution < -0.4 is 10.5 Å². The lowest BCUT2D eigenvalue weighted by Gasteiger charge is -2.13. The zero-order valence-corrected chi connectivity index (χ0v) is 11.2. The zero-order chi connectivity index (χ0) is 13.5. The third kappa shape index (κ3) is 4.00. The molecule has 100 valence electrons. The van der Waals surface area contributed by atoms with E-state index in [1.807, 2.05) is 13.8 Å². The molecule has 3 N–H and O–H groups in total. The first kappa shape index (κ1) is 14.4. The quantitative estimate of drug-likeness (QED) is 0.440.